The molecule has 1 amide bonds. The van der Waals surface area contributed by atoms with Crippen molar-refractivity contribution in [2.24, 2.45) is 0 Å². The summed E-state index contributed by atoms with van der Waals surface area (Å²) in [6.45, 7) is 3.22. The molecule has 7 nitrogen and oxygen atoms in total. The number of hydrogen-bond donors (Lipinski definition) is 1. The molecule has 1 saturated heterocycles. The van der Waals surface area contributed by atoms with E-state index in [1.807, 2.05) is 0 Å². The smallest absolute Gasteiger partial charge is 0.363 e. The number of alkyl halides is 5. The van der Waals surface area contributed by atoms with Gasteiger partial charge in [0, 0.05) is 36.8 Å². The van der Waals surface area contributed by atoms with Crippen molar-refractivity contribution >= 4 is 35.2 Å². The zero-order valence-electron chi connectivity index (χ0n) is 19.4. The zero-order chi connectivity index (χ0) is 26.3. The Morgan fingerprint density at radius 3 is 2.47 bits per heavy atom. The Morgan fingerprint density at radius 1 is 1.14 bits per heavy atom. The van der Waals surface area contributed by atoms with Gasteiger partial charge in [-0.25, -0.2) is 9.97 Å². The van der Waals surface area contributed by atoms with Crippen LogP contribution >= 0.6 is 7.14 Å². The summed E-state index contributed by atoms with van der Waals surface area (Å²) in [7, 11) is -3.08. The van der Waals surface area contributed by atoms with E-state index in [9.17, 15) is 31.3 Å². The van der Waals surface area contributed by atoms with Crippen LogP contribution in [0.25, 0.3) is 10.9 Å². The van der Waals surface area contributed by atoms with Crippen molar-refractivity contribution in [3.05, 3.63) is 53.5 Å². The second kappa shape index (κ2) is 9.72. The van der Waals surface area contributed by atoms with Gasteiger partial charge < -0.3 is 14.8 Å². The Kier molecular flexibility index (Phi) is 7.01. The topological polar surface area (TPSA) is 88.1 Å². The fraction of sp³-hybridized carbons (Fsp3) is 0.391. The Labute approximate surface area is 203 Å². The maximum absolute atomic E-state index is 13.6. The summed E-state index contributed by atoms with van der Waals surface area (Å²) in [4.78, 5) is 25.6. The van der Waals surface area contributed by atoms with Crippen molar-refractivity contribution in [1.29, 1.82) is 0 Å². The highest BCUT2D eigenvalue weighted by Crippen LogP contribution is 2.46. The largest absolute Gasteiger partial charge is 0.416 e. The Hall–Kier alpha value is -3.14. The van der Waals surface area contributed by atoms with Gasteiger partial charge in [-0.05, 0) is 37.6 Å². The van der Waals surface area contributed by atoms with Crippen LogP contribution in [-0.2, 0) is 15.5 Å². The minimum absolute atomic E-state index is 0.0140. The molecule has 0 unspecified atom stereocenters. The number of carbonyl (C=O) groups is 1. The molecule has 4 rings (SSSR count). The maximum atomic E-state index is 13.6. The van der Waals surface area contributed by atoms with Crippen LogP contribution in [0.3, 0.4) is 0 Å². The van der Waals surface area contributed by atoms with Gasteiger partial charge in [0.25, 0.3) is 5.91 Å². The van der Waals surface area contributed by atoms with E-state index in [1.54, 1.807) is 26.0 Å². The predicted octanol–water partition coefficient (Wildman–Crippen LogP) is 4.62. The van der Waals surface area contributed by atoms with E-state index in [1.165, 1.54) is 12.3 Å². The predicted molar refractivity (Wildman–Crippen MR) is 125 cm³/mol. The van der Waals surface area contributed by atoms with Crippen molar-refractivity contribution in [1.82, 2.24) is 19.9 Å². The number of pyridine rings is 1. The van der Waals surface area contributed by atoms with Crippen LogP contribution in [0, 0.1) is 6.92 Å². The first-order valence-corrected chi connectivity index (χ1v) is 13.2. The maximum Gasteiger partial charge on any atom is 0.416 e. The van der Waals surface area contributed by atoms with Crippen molar-refractivity contribution in [3.8, 4) is 0 Å². The minimum Gasteiger partial charge on any atom is -0.363 e. The van der Waals surface area contributed by atoms with Gasteiger partial charge in [-0.2, -0.15) is 22.0 Å². The third-order valence-electron chi connectivity index (χ3n) is 6.12. The van der Waals surface area contributed by atoms with E-state index in [2.05, 4.69) is 20.3 Å². The molecule has 13 heteroatoms. The molecule has 1 N–H and O–H groups in total. The number of amides is 1. The third-order valence-corrected chi connectivity index (χ3v) is 9.05. The second-order valence-electron chi connectivity index (χ2n) is 8.63. The van der Waals surface area contributed by atoms with Crippen LogP contribution in [0.4, 0.5) is 27.8 Å². The molecule has 1 atom stereocenters. The standard InChI is InChI=1S/C23H23F5N5O2P/c1-13(15-4-3-5-16(10-15)23(26,27)28)30-21-17-11-19(29-12-18(17)31-14(2)32-21)36(35)8-6-33(7-9-36)22(34)20(24)25/h3-5,10-13,20H,6-9H2,1-2H3,(H,30,31,32)/t13-/m1/s1. The summed E-state index contributed by atoms with van der Waals surface area (Å²) >= 11 is 0. The Morgan fingerprint density at radius 2 is 1.83 bits per heavy atom. The summed E-state index contributed by atoms with van der Waals surface area (Å²) in [6, 6.07) is 5.98. The quantitative estimate of drug-likeness (QED) is 0.385. The van der Waals surface area contributed by atoms with Gasteiger partial charge in [0.1, 0.15) is 24.2 Å². The molecule has 1 aromatic carbocycles. The second-order valence-corrected chi connectivity index (χ2v) is 11.8. The molecule has 0 radical (unpaired) electrons. The molecule has 1 aliphatic rings. The van der Waals surface area contributed by atoms with Crippen molar-refractivity contribution in [2.75, 3.05) is 30.7 Å². The first kappa shape index (κ1) is 25.9. The van der Waals surface area contributed by atoms with E-state index in [0.717, 1.165) is 17.0 Å². The molecular formula is C23H23F5N5O2P. The number of nitrogens with zero attached hydrogens (tertiary/aromatic N) is 4. The van der Waals surface area contributed by atoms with Crippen LogP contribution in [-0.4, -0.2) is 57.6 Å². The van der Waals surface area contributed by atoms with Crippen molar-refractivity contribution in [3.63, 3.8) is 0 Å². The van der Waals surface area contributed by atoms with E-state index >= 15 is 0 Å². The molecule has 0 bridgehead atoms. The molecule has 3 aromatic rings. The van der Waals surface area contributed by atoms with Crippen LogP contribution in [0.15, 0.2) is 36.5 Å². The number of carbonyl (C=O) groups excluding carboxylic acids is 1. The summed E-state index contributed by atoms with van der Waals surface area (Å²) in [5.74, 6) is -0.544. The molecular weight excluding hydrogens is 504 g/mol. The first-order chi connectivity index (χ1) is 16.9. The molecule has 1 fully saturated rings. The van der Waals surface area contributed by atoms with Gasteiger partial charge in [0.05, 0.1) is 17.3 Å². The molecule has 2 aromatic heterocycles. The van der Waals surface area contributed by atoms with Gasteiger partial charge in [-0.15, -0.1) is 0 Å². The lowest BCUT2D eigenvalue weighted by molar-refractivity contribution is -0.142. The number of hydrogen-bond acceptors (Lipinski definition) is 6. The normalized spacial score (nSPS) is 16.8. The van der Waals surface area contributed by atoms with E-state index < -0.39 is 37.3 Å². The fourth-order valence-corrected chi connectivity index (χ4v) is 6.56. The van der Waals surface area contributed by atoms with E-state index in [0.29, 0.717) is 28.1 Å². The van der Waals surface area contributed by atoms with Crippen molar-refractivity contribution < 1.29 is 31.3 Å². The van der Waals surface area contributed by atoms with Gasteiger partial charge in [0.2, 0.25) is 0 Å². The summed E-state index contributed by atoms with van der Waals surface area (Å²) < 4.78 is 78.5. The van der Waals surface area contributed by atoms with Crippen LogP contribution in [0.5, 0.6) is 0 Å². The van der Waals surface area contributed by atoms with Crippen molar-refractivity contribution in [2.45, 2.75) is 32.5 Å². The highest BCUT2D eigenvalue weighted by molar-refractivity contribution is 7.71. The molecule has 0 spiro atoms. The lowest BCUT2D eigenvalue weighted by Gasteiger charge is -2.31. The highest BCUT2D eigenvalue weighted by atomic mass is 31.2. The SMILES string of the molecule is Cc1nc(N[C@H](C)c2cccc(C(F)(F)F)c2)c2cc(P3(=O)CCN(C(=O)C(F)F)CC3)ncc2n1. The molecule has 0 saturated carbocycles. The lowest BCUT2D eigenvalue weighted by Crippen LogP contribution is -2.44. The monoisotopic (exact) mass is 527 g/mol. The van der Waals surface area contributed by atoms with Gasteiger partial charge in [-0.1, -0.05) is 12.1 Å². The minimum atomic E-state index is -4.48. The Bertz CT molecular complexity index is 1340. The Balaban J connectivity index is 1.63. The van der Waals surface area contributed by atoms with E-state index in [4.69, 9.17) is 0 Å². The van der Waals surface area contributed by atoms with Gasteiger partial charge >= 0.3 is 12.6 Å². The molecule has 0 aliphatic carbocycles. The molecule has 192 valence electrons. The van der Waals surface area contributed by atoms with E-state index in [-0.39, 0.29) is 30.8 Å². The van der Waals surface area contributed by atoms with Gasteiger partial charge in [-0.3, -0.25) is 9.78 Å². The zero-order valence-corrected chi connectivity index (χ0v) is 20.3. The summed E-state index contributed by atoms with van der Waals surface area (Å²) in [6.07, 6.45) is -6.12. The fourth-order valence-electron chi connectivity index (χ4n) is 4.12. The molecule has 36 heavy (non-hydrogen) atoms. The van der Waals surface area contributed by atoms with Crippen LogP contribution in [0.1, 0.15) is 29.9 Å². The number of benzene rings is 1. The highest BCUT2D eigenvalue weighted by Gasteiger charge is 2.36. The number of aromatic nitrogens is 3. The number of nitrogens with one attached hydrogen (secondary N) is 1. The van der Waals surface area contributed by atoms with Crippen LogP contribution in [0.2, 0.25) is 0 Å². The molecule has 3 heterocycles. The average Bonchev–Trinajstić information content (AvgIpc) is 2.83. The summed E-state index contributed by atoms with van der Waals surface area (Å²) in [5.41, 5.74) is 0.343. The summed E-state index contributed by atoms with van der Waals surface area (Å²) in [5, 5.41) is 3.60. The number of anilines is 1. The first-order valence-electron chi connectivity index (χ1n) is 11.1. The third kappa shape index (κ3) is 5.33. The number of fused-ring (bicyclic) bond motifs is 1. The molecule has 1 aliphatic heterocycles. The van der Waals surface area contributed by atoms with Gasteiger partial charge in [0.15, 0.2) is 0 Å². The number of aryl methyl sites for hydroxylation is 1. The van der Waals surface area contributed by atoms with Crippen LogP contribution < -0.4 is 10.8 Å². The number of halogens is 5. The lowest BCUT2D eigenvalue weighted by atomic mass is 10.0. The number of rotatable bonds is 5. The average molecular weight is 527 g/mol.